The SMILES string of the molecule is N#C/C(=C\c1ccc(N2CCN(C(=O)OCc3nc4ccccc4s3)CC2)cc1)C(=O)NO. The quantitative estimate of drug-likeness (QED) is 0.258. The van der Waals surface area contributed by atoms with Crippen LogP contribution in [0.15, 0.2) is 54.1 Å². The van der Waals surface area contributed by atoms with E-state index in [1.807, 2.05) is 36.4 Å². The van der Waals surface area contributed by atoms with Crippen molar-refractivity contribution < 1.29 is 19.5 Å². The molecule has 1 aromatic heterocycles. The molecular weight excluding hydrogens is 442 g/mol. The minimum Gasteiger partial charge on any atom is -0.442 e. The first-order valence-corrected chi connectivity index (χ1v) is 11.1. The van der Waals surface area contributed by atoms with Gasteiger partial charge in [0, 0.05) is 31.9 Å². The third-order valence-corrected chi connectivity index (χ3v) is 6.24. The summed E-state index contributed by atoms with van der Waals surface area (Å²) in [6.45, 7) is 2.54. The van der Waals surface area contributed by atoms with Crippen molar-refractivity contribution in [3.8, 4) is 6.07 Å². The van der Waals surface area contributed by atoms with Crippen molar-refractivity contribution >= 4 is 45.3 Å². The maximum absolute atomic E-state index is 12.5. The molecule has 2 heterocycles. The van der Waals surface area contributed by atoms with E-state index in [0.717, 1.165) is 20.9 Å². The normalized spacial score (nSPS) is 14.1. The summed E-state index contributed by atoms with van der Waals surface area (Å²) in [4.78, 5) is 32.2. The molecule has 1 aliphatic rings. The Hall–Kier alpha value is -3.94. The smallest absolute Gasteiger partial charge is 0.410 e. The van der Waals surface area contributed by atoms with Crippen molar-refractivity contribution in [1.29, 1.82) is 5.26 Å². The second-order valence-electron chi connectivity index (χ2n) is 7.31. The van der Waals surface area contributed by atoms with Crippen LogP contribution in [0.2, 0.25) is 0 Å². The summed E-state index contributed by atoms with van der Waals surface area (Å²) >= 11 is 1.52. The zero-order valence-electron chi connectivity index (χ0n) is 17.6. The highest BCUT2D eigenvalue weighted by atomic mass is 32.1. The molecule has 1 fully saturated rings. The number of nitrogens with zero attached hydrogens (tertiary/aromatic N) is 4. The molecule has 2 N–H and O–H groups in total. The van der Waals surface area contributed by atoms with E-state index in [-0.39, 0.29) is 18.3 Å². The Balaban J connectivity index is 1.29. The second-order valence-corrected chi connectivity index (χ2v) is 8.42. The second kappa shape index (κ2) is 10.1. The summed E-state index contributed by atoms with van der Waals surface area (Å²) in [5.74, 6) is -0.854. The lowest BCUT2D eigenvalue weighted by Crippen LogP contribution is -2.48. The number of anilines is 1. The van der Waals surface area contributed by atoms with E-state index >= 15 is 0 Å². The van der Waals surface area contributed by atoms with Gasteiger partial charge in [-0.05, 0) is 35.9 Å². The molecule has 2 amide bonds. The standard InChI is InChI=1S/C23H21N5O4S/c24-14-17(22(29)26-31)13-16-5-7-18(8-6-16)27-9-11-28(12-10-27)23(30)32-15-21-25-19-3-1-2-4-20(19)33-21/h1-8,13,31H,9-12,15H2,(H,26,29)/b17-13+. The predicted molar refractivity (Wildman–Crippen MR) is 124 cm³/mol. The fraction of sp³-hybridized carbons (Fsp3) is 0.217. The van der Waals surface area contributed by atoms with Crippen LogP contribution in [0, 0.1) is 11.3 Å². The van der Waals surface area contributed by atoms with Gasteiger partial charge < -0.3 is 14.5 Å². The zero-order valence-corrected chi connectivity index (χ0v) is 18.4. The van der Waals surface area contributed by atoms with Gasteiger partial charge in [-0.25, -0.2) is 15.3 Å². The highest BCUT2D eigenvalue weighted by Crippen LogP contribution is 2.23. The van der Waals surface area contributed by atoms with Gasteiger partial charge in [-0.1, -0.05) is 24.3 Å². The van der Waals surface area contributed by atoms with Crippen molar-refractivity contribution in [3.63, 3.8) is 0 Å². The highest BCUT2D eigenvalue weighted by molar-refractivity contribution is 7.18. The Labute approximate surface area is 194 Å². The van der Waals surface area contributed by atoms with E-state index in [1.54, 1.807) is 23.1 Å². The number of hydroxylamine groups is 1. The minimum atomic E-state index is -0.854. The summed E-state index contributed by atoms with van der Waals surface area (Å²) in [5.41, 5.74) is 3.80. The number of rotatable bonds is 5. The largest absolute Gasteiger partial charge is 0.442 e. The Bertz CT molecular complexity index is 1190. The first kappa shape index (κ1) is 22.3. The van der Waals surface area contributed by atoms with Crippen LogP contribution in [-0.4, -0.2) is 53.3 Å². The molecule has 0 radical (unpaired) electrons. The van der Waals surface area contributed by atoms with Crippen LogP contribution in [0.1, 0.15) is 10.6 Å². The van der Waals surface area contributed by atoms with Crippen LogP contribution < -0.4 is 10.4 Å². The number of hydrogen-bond donors (Lipinski definition) is 2. The van der Waals surface area contributed by atoms with Gasteiger partial charge in [0.1, 0.15) is 23.3 Å². The van der Waals surface area contributed by atoms with Crippen LogP contribution >= 0.6 is 11.3 Å². The van der Waals surface area contributed by atoms with E-state index in [1.165, 1.54) is 22.9 Å². The lowest BCUT2D eigenvalue weighted by Gasteiger charge is -2.35. The predicted octanol–water partition coefficient (Wildman–Crippen LogP) is 3.17. The van der Waals surface area contributed by atoms with Gasteiger partial charge >= 0.3 is 6.09 Å². The van der Waals surface area contributed by atoms with Crippen LogP contribution in [0.3, 0.4) is 0 Å². The number of para-hydroxylation sites is 1. The monoisotopic (exact) mass is 463 g/mol. The van der Waals surface area contributed by atoms with Gasteiger partial charge in [-0.3, -0.25) is 10.0 Å². The molecule has 3 aromatic rings. The number of fused-ring (bicyclic) bond motifs is 1. The molecule has 1 saturated heterocycles. The summed E-state index contributed by atoms with van der Waals surface area (Å²) in [6.07, 6.45) is 1.05. The molecule has 10 heteroatoms. The number of ether oxygens (including phenoxy) is 1. The van der Waals surface area contributed by atoms with E-state index in [9.17, 15) is 9.59 Å². The molecule has 0 aliphatic carbocycles. The lowest BCUT2D eigenvalue weighted by atomic mass is 10.1. The number of amides is 2. The number of benzene rings is 2. The Morgan fingerprint density at radius 3 is 2.55 bits per heavy atom. The molecule has 0 spiro atoms. The first-order chi connectivity index (χ1) is 16.1. The molecule has 0 unspecified atom stereocenters. The molecule has 1 aliphatic heterocycles. The topological polar surface area (TPSA) is 119 Å². The van der Waals surface area contributed by atoms with Gasteiger partial charge in [0.2, 0.25) is 0 Å². The Morgan fingerprint density at radius 1 is 1.15 bits per heavy atom. The zero-order chi connectivity index (χ0) is 23.2. The third kappa shape index (κ3) is 5.28. The molecule has 0 atom stereocenters. The minimum absolute atomic E-state index is 0.159. The molecule has 4 rings (SSSR count). The molecule has 0 saturated carbocycles. The Kier molecular flexibility index (Phi) is 6.83. The fourth-order valence-corrected chi connectivity index (χ4v) is 4.38. The van der Waals surface area contributed by atoms with Crippen LogP contribution in [0.4, 0.5) is 10.5 Å². The summed E-state index contributed by atoms with van der Waals surface area (Å²) in [7, 11) is 0. The van der Waals surface area contributed by atoms with Crippen molar-refractivity contribution in [1.82, 2.24) is 15.4 Å². The highest BCUT2D eigenvalue weighted by Gasteiger charge is 2.22. The summed E-state index contributed by atoms with van der Waals surface area (Å²) < 4.78 is 6.53. The number of piperazine rings is 1. The van der Waals surface area contributed by atoms with Gasteiger partial charge in [0.15, 0.2) is 0 Å². The Morgan fingerprint density at radius 2 is 1.88 bits per heavy atom. The number of nitrogens with one attached hydrogen (secondary N) is 1. The average molecular weight is 464 g/mol. The number of nitriles is 1. The average Bonchev–Trinajstić information content (AvgIpc) is 3.29. The molecule has 0 bridgehead atoms. The fourth-order valence-electron chi connectivity index (χ4n) is 3.50. The summed E-state index contributed by atoms with van der Waals surface area (Å²) in [5, 5.41) is 18.5. The number of hydrogen-bond acceptors (Lipinski definition) is 8. The van der Waals surface area contributed by atoms with Crippen LogP contribution in [0.5, 0.6) is 0 Å². The first-order valence-electron chi connectivity index (χ1n) is 10.2. The van der Waals surface area contributed by atoms with Crippen LogP contribution in [-0.2, 0) is 16.1 Å². The molecule has 168 valence electrons. The number of thiazole rings is 1. The number of carbonyl (C=O) groups excluding carboxylic acids is 2. The van der Waals surface area contributed by atoms with Gasteiger partial charge in [-0.2, -0.15) is 5.26 Å². The number of carbonyl (C=O) groups is 2. The van der Waals surface area contributed by atoms with Crippen molar-refractivity contribution in [2.45, 2.75) is 6.61 Å². The van der Waals surface area contributed by atoms with E-state index in [4.69, 9.17) is 15.2 Å². The maximum atomic E-state index is 12.5. The maximum Gasteiger partial charge on any atom is 0.410 e. The van der Waals surface area contributed by atoms with Crippen LogP contribution in [0.25, 0.3) is 16.3 Å². The lowest BCUT2D eigenvalue weighted by molar-refractivity contribution is -0.124. The van der Waals surface area contributed by atoms with Gasteiger partial charge in [-0.15, -0.1) is 11.3 Å². The summed E-state index contributed by atoms with van der Waals surface area (Å²) in [6, 6.07) is 16.9. The molecule has 2 aromatic carbocycles. The van der Waals surface area contributed by atoms with E-state index in [0.29, 0.717) is 31.7 Å². The van der Waals surface area contributed by atoms with Crippen molar-refractivity contribution in [2.75, 3.05) is 31.1 Å². The van der Waals surface area contributed by atoms with Gasteiger partial charge in [0.25, 0.3) is 5.91 Å². The molecule has 33 heavy (non-hydrogen) atoms. The van der Waals surface area contributed by atoms with Gasteiger partial charge in [0.05, 0.1) is 10.2 Å². The van der Waals surface area contributed by atoms with E-state index < -0.39 is 5.91 Å². The van der Waals surface area contributed by atoms with Crippen molar-refractivity contribution in [3.05, 3.63) is 64.7 Å². The van der Waals surface area contributed by atoms with Crippen molar-refractivity contribution in [2.24, 2.45) is 0 Å². The molecular formula is C23H21N5O4S. The van der Waals surface area contributed by atoms with E-state index in [2.05, 4.69) is 9.88 Å². The third-order valence-electron chi connectivity index (χ3n) is 5.23. The molecule has 9 nitrogen and oxygen atoms in total. The number of aromatic nitrogens is 1.